The zero-order valence-corrected chi connectivity index (χ0v) is 13.2. The first-order valence-electron chi connectivity index (χ1n) is 7.11. The fourth-order valence-electron chi connectivity index (χ4n) is 1.69. The van der Waals surface area contributed by atoms with Crippen molar-refractivity contribution in [1.82, 2.24) is 10.2 Å². The Labute approximate surface area is 130 Å². The highest BCUT2D eigenvalue weighted by atomic mass is 16.6. The highest BCUT2D eigenvalue weighted by molar-refractivity contribution is 5.90. The van der Waals surface area contributed by atoms with Crippen molar-refractivity contribution in [2.24, 2.45) is 5.73 Å². The molecule has 1 rings (SSSR count). The van der Waals surface area contributed by atoms with Crippen LogP contribution in [0.15, 0.2) is 18.2 Å². The van der Waals surface area contributed by atoms with E-state index < -0.39 is 12.1 Å². The van der Waals surface area contributed by atoms with Gasteiger partial charge in [-0.15, -0.1) is 0 Å². The molecule has 7 nitrogen and oxygen atoms in total. The third kappa shape index (κ3) is 5.25. The van der Waals surface area contributed by atoms with Crippen molar-refractivity contribution in [3.63, 3.8) is 0 Å². The zero-order valence-electron chi connectivity index (χ0n) is 13.2. The van der Waals surface area contributed by atoms with Crippen LogP contribution in [0.25, 0.3) is 0 Å². The van der Waals surface area contributed by atoms with Gasteiger partial charge in [0.05, 0.1) is 6.61 Å². The molecule has 0 aliphatic carbocycles. The van der Waals surface area contributed by atoms with Crippen LogP contribution in [0.4, 0.5) is 9.59 Å². The van der Waals surface area contributed by atoms with Gasteiger partial charge in [0.1, 0.15) is 5.75 Å². The second kappa shape index (κ2) is 8.89. The van der Waals surface area contributed by atoms with Crippen molar-refractivity contribution in [3.05, 3.63) is 29.3 Å². The molecular formula is C15H23N3O4. The molecule has 0 saturated heterocycles. The number of benzene rings is 1. The summed E-state index contributed by atoms with van der Waals surface area (Å²) in [4.78, 5) is 24.5. The maximum atomic E-state index is 11.9. The molecule has 0 spiro atoms. The van der Waals surface area contributed by atoms with Crippen molar-refractivity contribution in [3.8, 4) is 5.75 Å². The molecule has 7 heteroatoms. The number of aryl methyl sites for hydroxylation is 2. The van der Waals surface area contributed by atoms with Crippen LogP contribution in [0.1, 0.15) is 18.1 Å². The van der Waals surface area contributed by atoms with E-state index in [0.29, 0.717) is 5.75 Å². The summed E-state index contributed by atoms with van der Waals surface area (Å²) in [5, 5.41) is 2.50. The molecule has 1 aromatic carbocycles. The van der Waals surface area contributed by atoms with Crippen molar-refractivity contribution in [2.45, 2.75) is 20.8 Å². The minimum atomic E-state index is -0.725. The SMILES string of the molecule is CCOC(=O)N(CCN)C(=O)NCOc1ccc(C)c(C)c1. The fraction of sp³-hybridized carbons (Fsp3) is 0.467. The average molecular weight is 309 g/mol. The number of urea groups is 1. The van der Waals surface area contributed by atoms with Gasteiger partial charge < -0.3 is 20.5 Å². The number of imide groups is 1. The Morgan fingerprint density at radius 2 is 2.00 bits per heavy atom. The van der Waals surface area contributed by atoms with Crippen LogP contribution in [-0.4, -0.2) is 43.5 Å². The van der Waals surface area contributed by atoms with E-state index in [2.05, 4.69) is 5.32 Å². The van der Waals surface area contributed by atoms with E-state index in [-0.39, 0.29) is 26.4 Å². The molecule has 0 aliphatic heterocycles. The van der Waals surface area contributed by atoms with Gasteiger partial charge in [0.15, 0.2) is 6.73 Å². The summed E-state index contributed by atoms with van der Waals surface area (Å²) in [6.07, 6.45) is -0.725. The highest BCUT2D eigenvalue weighted by Gasteiger charge is 2.21. The fourth-order valence-corrected chi connectivity index (χ4v) is 1.69. The first-order chi connectivity index (χ1) is 10.5. The van der Waals surface area contributed by atoms with Crippen molar-refractivity contribution < 1.29 is 19.1 Å². The van der Waals surface area contributed by atoms with Crippen LogP contribution in [-0.2, 0) is 4.74 Å². The second-order valence-electron chi connectivity index (χ2n) is 4.66. The third-order valence-electron chi connectivity index (χ3n) is 3.03. The molecule has 0 aliphatic rings. The number of nitrogens with two attached hydrogens (primary N) is 1. The van der Waals surface area contributed by atoms with Crippen molar-refractivity contribution >= 4 is 12.1 Å². The summed E-state index contributed by atoms with van der Waals surface area (Å²) in [5.41, 5.74) is 7.65. The summed E-state index contributed by atoms with van der Waals surface area (Å²) < 4.78 is 10.2. The van der Waals surface area contributed by atoms with E-state index in [0.717, 1.165) is 16.0 Å². The summed E-state index contributed by atoms with van der Waals surface area (Å²) in [6.45, 7) is 6.02. The number of hydrogen-bond donors (Lipinski definition) is 2. The van der Waals surface area contributed by atoms with Crippen molar-refractivity contribution in [2.75, 3.05) is 26.4 Å². The number of rotatable bonds is 6. The summed E-state index contributed by atoms with van der Waals surface area (Å²) >= 11 is 0. The number of hydrogen-bond acceptors (Lipinski definition) is 5. The topological polar surface area (TPSA) is 93.9 Å². The van der Waals surface area contributed by atoms with Gasteiger partial charge in [0, 0.05) is 13.1 Å². The Hall–Kier alpha value is -2.28. The van der Waals surface area contributed by atoms with Gasteiger partial charge in [-0.2, -0.15) is 0 Å². The van der Waals surface area contributed by atoms with Crippen LogP contribution in [0.2, 0.25) is 0 Å². The molecule has 122 valence electrons. The van der Waals surface area contributed by atoms with Crippen molar-refractivity contribution in [1.29, 1.82) is 0 Å². The average Bonchev–Trinajstić information content (AvgIpc) is 2.48. The second-order valence-corrected chi connectivity index (χ2v) is 4.66. The Morgan fingerprint density at radius 1 is 1.27 bits per heavy atom. The normalized spacial score (nSPS) is 10.0. The minimum Gasteiger partial charge on any atom is -0.473 e. The lowest BCUT2D eigenvalue weighted by Crippen LogP contribution is -2.47. The molecular weight excluding hydrogens is 286 g/mol. The molecule has 0 unspecified atom stereocenters. The molecule has 0 saturated carbocycles. The molecule has 0 aromatic heterocycles. The minimum absolute atomic E-state index is 0.0538. The summed E-state index contributed by atoms with van der Waals surface area (Å²) in [7, 11) is 0. The van der Waals surface area contributed by atoms with E-state index in [4.69, 9.17) is 15.2 Å². The highest BCUT2D eigenvalue weighted by Crippen LogP contribution is 2.15. The Bertz CT molecular complexity index is 520. The smallest absolute Gasteiger partial charge is 0.418 e. The van der Waals surface area contributed by atoms with Gasteiger partial charge in [-0.1, -0.05) is 6.07 Å². The Balaban J connectivity index is 2.52. The van der Waals surface area contributed by atoms with Gasteiger partial charge in [0.25, 0.3) is 0 Å². The number of nitrogens with one attached hydrogen (secondary N) is 1. The summed E-state index contributed by atoms with van der Waals surface area (Å²) in [6, 6.07) is 5.03. The van der Waals surface area contributed by atoms with Crippen LogP contribution >= 0.6 is 0 Å². The monoisotopic (exact) mass is 309 g/mol. The Morgan fingerprint density at radius 3 is 2.59 bits per heavy atom. The molecule has 0 bridgehead atoms. The number of nitrogens with zero attached hydrogens (tertiary/aromatic N) is 1. The molecule has 0 heterocycles. The van der Waals surface area contributed by atoms with E-state index in [1.165, 1.54) is 0 Å². The van der Waals surface area contributed by atoms with Crippen LogP contribution in [0.5, 0.6) is 5.75 Å². The van der Waals surface area contributed by atoms with E-state index in [1.54, 1.807) is 6.92 Å². The molecule has 0 radical (unpaired) electrons. The molecule has 22 heavy (non-hydrogen) atoms. The van der Waals surface area contributed by atoms with E-state index in [1.807, 2.05) is 32.0 Å². The lowest BCUT2D eigenvalue weighted by Gasteiger charge is -2.19. The zero-order chi connectivity index (χ0) is 16.5. The van der Waals surface area contributed by atoms with Crippen LogP contribution in [0, 0.1) is 13.8 Å². The van der Waals surface area contributed by atoms with Gasteiger partial charge in [-0.25, -0.2) is 14.5 Å². The maximum Gasteiger partial charge on any atom is 0.418 e. The van der Waals surface area contributed by atoms with E-state index in [9.17, 15) is 9.59 Å². The molecule has 3 amide bonds. The predicted molar refractivity (Wildman–Crippen MR) is 82.7 cm³/mol. The summed E-state index contributed by atoms with van der Waals surface area (Å²) in [5.74, 6) is 0.643. The lowest BCUT2D eigenvalue weighted by atomic mass is 10.1. The number of amides is 3. The molecule has 0 fully saturated rings. The molecule has 1 aromatic rings. The quantitative estimate of drug-likeness (QED) is 0.781. The number of ether oxygens (including phenoxy) is 2. The largest absolute Gasteiger partial charge is 0.473 e. The van der Waals surface area contributed by atoms with Gasteiger partial charge >= 0.3 is 12.1 Å². The van der Waals surface area contributed by atoms with E-state index >= 15 is 0 Å². The lowest BCUT2D eigenvalue weighted by molar-refractivity contribution is 0.113. The predicted octanol–water partition coefficient (Wildman–Crippen LogP) is 1.77. The first kappa shape index (κ1) is 17.8. The first-order valence-corrected chi connectivity index (χ1v) is 7.11. The molecule has 3 N–H and O–H groups in total. The number of carbonyl (C=O) groups is 2. The van der Waals surface area contributed by atoms with Gasteiger partial charge in [-0.05, 0) is 44.0 Å². The number of carbonyl (C=O) groups excluding carboxylic acids is 2. The maximum absolute atomic E-state index is 11.9. The third-order valence-corrected chi connectivity index (χ3v) is 3.03. The standard InChI is InChI=1S/C15H23N3O4/c1-4-21-15(20)18(8-7-16)14(19)17-10-22-13-6-5-11(2)12(3)9-13/h5-6,9H,4,7-8,10,16H2,1-3H3,(H,17,19). The van der Waals surface area contributed by atoms with Crippen LogP contribution < -0.4 is 15.8 Å². The van der Waals surface area contributed by atoms with Gasteiger partial charge in [-0.3, -0.25) is 0 Å². The van der Waals surface area contributed by atoms with Gasteiger partial charge in [0.2, 0.25) is 0 Å². The van der Waals surface area contributed by atoms with Crippen LogP contribution in [0.3, 0.4) is 0 Å². The Kier molecular flexibility index (Phi) is 7.18. The molecule has 0 atom stereocenters.